The Morgan fingerprint density at radius 3 is 3.07 bits per heavy atom. The summed E-state index contributed by atoms with van der Waals surface area (Å²) in [5.74, 6) is 3.10. The van der Waals surface area contributed by atoms with E-state index < -0.39 is 0 Å². The number of carbonyl (C=O) groups excluding carboxylic acids is 1. The highest BCUT2D eigenvalue weighted by molar-refractivity contribution is 7.99. The van der Waals surface area contributed by atoms with Gasteiger partial charge in [0.15, 0.2) is 0 Å². The van der Waals surface area contributed by atoms with E-state index in [4.69, 9.17) is 5.73 Å². The van der Waals surface area contributed by atoms with Crippen molar-refractivity contribution in [2.45, 2.75) is 32.2 Å². The van der Waals surface area contributed by atoms with E-state index in [1.165, 1.54) is 17.9 Å². The fourth-order valence-corrected chi connectivity index (χ4v) is 2.85. The second-order valence-electron chi connectivity index (χ2n) is 3.87. The first-order chi connectivity index (χ1) is 6.74. The van der Waals surface area contributed by atoms with Crippen LogP contribution in [0.15, 0.2) is 0 Å². The third kappa shape index (κ3) is 3.88. The lowest BCUT2D eigenvalue weighted by Gasteiger charge is -2.13. The van der Waals surface area contributed by atoms with Gasteiger partial charge in [0, 0.05) is 6.54 Å². The van der Waals surface area contributed by atoms with Crippen molar-refractivity contribution in [1.29, 1.82) is 0 Å². The quantitative estimate of drug-likeness (QED) is 0.720. The van der Waals surface area contributed by atoms with Crippen molar-refractivity contribution in [2.75, 3.05) is 18.1 Å². The fourth-order valence-electron chi connectivity index (χ4n) is 1.56. The molecule has 0 spiro atoms. The molecular formula is C10H20N2OS. The van der Waals surface area contributed by atoms with Crippen molar-refractivity contribution >= 4 is 17.7 Å². The van der Waals surface area contributed by atoms with Crippen molar-refractivity contribution in [3.63, 3.8) is 0 Å². The fraction of sp³-hybridized carbons (Fsp3) is 0.900. The van der Waals surface area contributed by atoms with Crippen molar-refractivity contribution in [3.8, 4) is 0 Å². The van der Waals surface area contributed by atoms with Gasteiger partial charge in [-0.3, -0.25) is 4.79 Å². The first kappa shape index (κ1) is 11.9. The zero-order valence-electron chi connectivity index (χ0n) is 8.79. The molecule has 1 unspecified atom stereocenters. The van der Waals surface area contributed by atoms with Crippen LogP contribution in [0.2, 0.25) is 0 Å². The van der Waals surface area contributed by atoms with Gasteiger partial charge >= 0.3 is 0 Å². The van der Waals surface area contributed by atoms with Crippen LogP contribution in [-0.4, -0.2) is 30.0 Å². The molecule has 3 N–H and O–H groups in total. The van der Waals surface area contributed by atoms with Crippen molar-refractivity contribution in [1.82, 2.24) is 5.32 Å². The average molecular weight is 216 g/mol. The van der Waals surface area contributed by atoms with Gasteiger partial charge in [0.1, 0.15) is 0 Å². The van der Waals surface area contributed by atoms with E-state index in [1.807, 2.05) is 18.7 Å². The Hall–Kier alpha value is -0.220. The first-order valence-electron chi connectivity index (χ1n) is 5.35. The van der Waals surface area contributed by atoms with Crippen LogP contribution < -0.4 is 11.1 Å². The van der Waals surface area contributed by atoms with E-state index in [1.54, 1.807) is 0 Å². The number of nitrogens with two attached hydrogens (primary N) is 1. The average Bonchev–Trinajstić information content (AvgIpc) is 2.67. The van der Waals surface area contributed by atoms with Gasteiger partial charge in [-0.1, -0.05) is 13.3 Å². The maximum atomic E-state index is 11.4. The van der Waals surface area contributed by atoms with Crippen LogP contribution in [0.5, 0.6) is 0 Å². The molecule has 0 aromatic carbocycles. The monoisotopic (exact) mass is 216 g/mol. The highest BCUT2D eigenvalue weighted by Crippen LogP contribution is 2.22. The zero-order chi connectivity index (χ0) is 10.4. The summed E-state index contributed by atoms with van der Waals surface area (Å²) in [6, 6.07) is -0.311. The summed E-state index contributed by atoms with van der Waals surface area (Å²) in [5.41, 5.74) is 5.70. The maximum Gasteiger partial charge on any atom is 0.236 e. The van der Waals surface area contributed by atoms with Crippen molar-refractivity contribution in [2.24, 2.45) is 11.7 Å². The normalized spacial score (nSPS) is 23.4. The molecule has 1 amide bonds. The summed E-state index contributed by atoms with van der Waals surface area (Å²) in [7, 11) is 0. The van der Waals surface area contributed by atoms with Crippen LogP contribution in [-0.2, 0) is 4.79 Å². The molecule has 3 nitrogen and oxygen atoms in total. The minimum absolute atomic E-state index is 0.0174. The molecule has 14 heavy (non-hydrogen) atoms. The van der Waals surface area contributed by atoms with E-state index in [0.29, 0.717) is 5.92 Å². The highest BCUT2D eigenvalue weighted by Gasteiger charge is 2.18. The van der Waals surface area contributed by atoms with E-state index in [0.717, 1.165) is 19.4 Å². The molecule has 0 radical (unpaired) electrons. The van der Waals surface area contributed by atoms with Gasteiger partial charge < -0.3 is 11.1 Å². The van der Waals surface area contributed by atoms with Crippen LogP contribution >= 0.6 is 11.8 Å². The third-order valence-corrected chi connectivity index (χ3v) is 3.76. The van der Waals surface area contributed by atoms with Crippen LogP contribution in [0.25, 0.3) is 0 Å². The highest BCUT2D eigenvalue weighted by atomic mass is 32.2. The Balaban J connectivity index is 2.13. The predicted octanol–water partition coefficient (Wildman–Crippen LogP) is 0.983. The van der Waals surface area contributed by atoms with Gasteiger partial charge in [-0.25, -0.2) is 0 Å². The molecule has 1 rings (SSSR count). The Labute approximate surface area is 90.2 Å². The van der Waals surface area contributed by atoms with Crippen molar-refractivity contribution < 1.29 is 4.79 Å². The van der Waals surface area contributed by atoms with Gasteiger partial charge in [-0.15, -0.1) is 0 Å². The molecule has 82 valence electrons. The summed E-state index contributed by atoms with van der Waals surface area (Å²) in [6.07, 6.45) is 2.98. The molecule has 1 aliphatic rings. The molecule has 0 saturated carbocycles. The lowest BCUT2D eigenvalue weighted by Crippen LogP contribution is -2.42. The van der Waals surface area contributed by atoms with E-state index in [9.17, 15) is 4.79 Å². The van der Waals surface area contributed by atoms with Crippen LogP contribution in [0.3, 0.4) is 0 Å². The topological polar surface area (TPSA) is 55.1 Å². The molecule has 1 aliphatic heterocycles. The lowest BCUT2D eigenvalue weighted by molar-refractivity contribution is -0.122. The van der Waals surface area contributed by atoms with Gasteiger partial charge in [0.05, 0.1) is 6.04 Å². The molecule has 1 fully saturated rings. The second kappa shape index (κ2) is 6.30. The summed E-state index contributed by atoms with van der Waals surface area (Å²) in [6.45, 7) is 2.85. The van der Waals surface area contributed by atoms with Gasteiger partial charge in [0.2, 0.25) is 5.91 Å². The van der Waals surface area contributed by atoms with E-state index in [-0.39, 0.29) is 11.9 Å². The van der Waals surface area contributed by atoms with Crippen molar-refractivity contribution in [3.05, 3.63) is 0 Å². The zero-order valence-corrected chi connectivity index (χ0v) is 9.61. The molecule has 0 aromatic rings. The summed E-state index contributed by atoms with van der Waals surface area (Å²) >= 11 is 1.97. The molecule has 0 aliphatic carbocycles. The number of carbonyl (C=O) groups is 1. The van der Waals surface area contributed by atoms with Crippen LogP contribution in [0.4, 0.5) is 0 Å². The number of hydrogen-bond acceptors (Lipinski definition) is 3. The van der Waals surface area contributed by atoms with Gasteiger partial charge in [-0.2, -0.15) is 11.8 Å². The van der Waals surface area contributed by atoms with E-state index in [2.05, 4.69) is 5.32 Å². The minimum Gasteiger partial charge on any atom is -0.354 e. The standard InChI is InChI=1S/C10H20N2OS/c1-2-3-9(11)10(13)12-6-8-4-5-14-7-8/h8-9H,2-7,11H2,1H3,(H,12,13)/t8?,9-/m1/s1. The van der Waals surface area contributed by atoms with Gasteiger partial charge in [0.25, 0.3) is 0 Å². The Morgan fingerprint density at radius 2 is 2.50 bits per heavy atom. The molecule has 0 aromatic heterocycles. The largest absolute Gasteiger partial charge is 0.354 e. The van der Waals surface area contributed by atoms with Crippen LogP contribution in [0.1, 0.15) is 26.2 Å². The smallest absolute Gasteiger partial charge is 0.236 e. The summed E-state index contributed by atoms with van der Waals surface area (Å²) in [5, 5.41) is 2.93. The first-order valence-corrected chi connectivity index (χ1v) is 6.50. The number of rotatable bonds is 5. The van der Waals surface area contributed by atoms with Crippen LogP contribution in [0, 0.1) is 5.92 Å². The Morgan fingerprint density at radius 1 is 1.71 bits per heavy atom. The maximum absolute atomic E-state index is 11.4. The Bertz CT molecular complexity index is 181. The molecule has 4 heteroatoms. The second-order valence-corrected chi connectivity index (χ2v) is 5.02. The number of nitrogens with one attached hydrogen (secondary N) is 1. The molecule has 0 bridgehead atoms. The predicted molar refractivity (Wildman–Crippen MR) is 61.3 cm³/mol. The minimum atomic E-state index is -0.311. The van der Waals surface area contributed by atoms with E-state index >= 15 is 0 Å². The SMILES string of the molecule is CCC[C@@H](N)C(=O)NCC1CCSC1. The number of hydrogen-bond donors (Lipinski definition) is 2. The summed E-state index contributed by atoms with van der Waals surface area (Å²) < 4.78 is 0. The Kier molecular flexibility index (Phi) is 5.33. The molecule has 1 saturated heterocycles. The third-order valence-electron chi connectivity index (χ3n) is 2.53. The number of thioether (sulfide) groups is 1. The lowest BCUT2D eigenvalue weighted by atomic mass is 10.1. The molecule has 2 atom stereocenters. The summed E-state index contributed by atoms with van der Waals surface area (Å²) in [4.78, 5) is 11.4. The molecule has 1 heterocycles. The number of amides is 1. The molecular weight excluding hydrogens is 196 g/mol. The van der Waals surface area contributed by atoms with Gasteiger partial charge in [-0.05, 0) is 30.3 Å².